The van der Waals surface area contributed by atoms with Crippen molar-refractivity contribution in [1.82, 2.24) is 5.32 Å². The Labute approximate surface area is 169 Å². The topological polar surface area (TPSA) is 80.6 Å². The number of fused-ring (bicyclic) bond motifs is 1. The van der Waals surface area contributed by atoms with Crippen LogP contribution in [0.3, 0.4) is 0 Å². The van der Waals surface area contributed by atoms with Crippen molar-refractivity contribution < 1.29 is 18.7 Å². The van der Waals surface area contributed by atoms with Gasteiger partial charge in [0, 0.05) is 22.6 Å². The summed E-state index contributed by atoms with van der Waals surface area (Å²) in [5.41, 5.74) is 3.14. The Morgan fingerprint density at radius 3 is 2.52 bits per heavy atom. The second kappa shape index (κ2) is 7.62. The van der Waals surface area contributed by atoms with Crippen molar-refractivity contribution in [2.24, 2.45) is 5.92 Å². The van der Waals surface area contributed by atoms with Crippen molar-refractivity contribution in [1.29, 1.82) is 0 Å². The Morgan fingerprint density at radius 1 is 1.14 bits per heavy atom. The Hall–Kier alpha value is -3.28. The summed E-state index contributed by atoms with van der Waals surface area (Å²) < 4.78 is 11.0. The minimum atomic E-state index is -0.267. The van der Waals surface area contributed by atoms with Gasteiger partial charge in [-0.2, -0.15) is 0 Å². The van der Waals surface area contributed by atoms with Gasteiger partial charge in [0.15, 0.2) is 5.76 Å². The van der Waals surface area contributed by atoms with Gasteiger partial charge >= 0.3 is 0 Å². The number of ether oxygens (including phenoxy) is 1. The first-order chi connectivity index (χ1) is 14.0. The van der Waals surface area contributed by atoms with Gasteiger partial charge in [0.25, 0.3) is 5.91 Å². The van der Waals surface area contributed by atoms with Gasteiger partial charge < -0.3 is 19.8 Å². The maximum atomic E-state index is 12.8. The third-order valence-corrected chi connectivity index (χ3v) is 5.32. The number of furan rings is 1. The van der Waals surface area contributed by atoms with Crippen LogP contribution in [0.25, 0.3) is 11.0 Å². The maximum Gasteiger partial charge on any atom is 0.287 e. The smallest absolute Gasteiger partial charge is 0.287 e. The Bertz CT molecular complexity index is 1060. The van der Waals surface area contributed by atoms with Crippen molar-refractivity contribution in [3.05, 3.63) is 59.4 Å². The SMILES string of the molecule is COc1ccc2oc(C(=O)NC(C)c3ccc(NC(=O)C4CC4)cc3)c(C)c2c1. The molecular weight excluding hydrogens is 368 g/mol. The lowest BCUT2D eigenvalue weighted by molar-refractivity contribution is -0.117. The van der Waals surface area contributed by atoms with Gasteiger partial charge in [0.05, 0.1) is 13.2 Å². The number of rotatable bonds is 6. The van der Waals surface area contributed by atoms with Crippen LogP contribution in [0.4, 0.5) is 5.69 Å². The minimum Gasteiger partial charge on any atom is -0.497 e. The lowest BCUT2D eigenvalue weighted by Crippen LogP contribution is -2.26. The molecule has 2 aromatic carbocycles. The Kier molecular flexibility index (Phi) is 5.01. The fourth-order valence-electron chi connectivity index (χ4n) is 3.33. The van der Waals surface area contributed by atoms with E-state index in [4.69, 9.17) is 9.15 Å². The first kappa shape index (κ1) is 19.1. The number of nitrogens with one attached hydrogen (secondary N) is 2. The highest BCUT2D eigenvalue weighted by Crippen LogP contribution is 2.31. The second-order valence-corrected chi connectivity index (χ2v) is 7.50. The van der Waals surface area contributed by atoms with E-state index in [1.165, 1.54) is 0 Å². The first-order valence-electron chi connectivity index (χ1n) is 9.75. The van der Waals surface area contributed by atoms with E-state index < -0.39 is 0 Å². The minimum absolute atomic E-state index is 0.0797. The first-order valence-corrected chi connectivity index (χ1v) is 9.75. The van der Waals surface area contributed by atoms with Crippen molar-refractivity contribution >= 4 is 28.5 Å². The van der Waals surface area contributed by atoms with Crippen LogP contribution in [0.15, 0.2) is 46.9 Å². The summed E-state index contributed by atoms with van der Waals surface area (Å²) in [4.78, 5) is 24.6. The number of carbonyl (C=O) groups excluding carboxylic acids is 2. The summed E-state index contributed by atoms with van der Waals surface area (Å²) in [7, 11) is 1.61. The lowest BCUT2D eigenvalue weighted by atomic mass is 10.1. The molecule has 29 heavy (non-hydrogen) atoms. The molecule has 2 N–H and O–H groups in total. The number of anilines is 1. The maximum absolute atomic E-state index is 12.8. The lowest BCUT2D eigenvalue weighted by Gasteiger charge is -2.14. The Morgan fingerprint density at radius 2 is 1.86 bits per heavy atom. The summed E-state index contributed by atoms with van der Waals surface area (Å²) in [6, 6.07) is 12.8. The molecule has 1 heterocycles. The molecule has 0 bridgehead atoms. The van der Waals surface area contributed by atoms with Crippen LogP contribution in [0.2, 0.25) is 0 Å². The third-order valence-electron chi connectivity index (χ3n) is 5.32. The van der Waals surface area contributed by atoms with Gasteiger partial charge in [-0.3, -0.25) is 9.59 Å². The number of amides is 2. The van der Waals surface area contributed by atoms with Crippen molar-refractivity contribution in [3.63, 3.8) is 0 Å². The molecule has 0 spiro atoms. The molecule has 150 valence electrons. The number of methoxy groups -OCH3 is 1. The molecule has 1 aromatic heterocycles. The van der Waals surface area contributed by atoms with E-state index in [2.05, 4.69) is 10.6 Å². The van der Waals surface area contributed by atoms with E-state index in [9.17, 15) is 9.59 Å². The summed E-state index contributed by atoms with van der Waals surface area (Å²) in [6.45, 7) is 3.78. The number of carbonyl (C=O) groups is 2. The summed E-state index contributed by atoms with van der Waals surface area (Å²) >= 11 is 0. The van der Waals surface area contributed by atoms with Gasteiger partial charge in [-0.15, -0.1) is 0 Å². The largest absolute Gasteiger partial charge is 0.497 e. The molecule has 6 nitrogen and oxygen atoms in total. The van der Waals surface area contributed by atoms with Crippen LogP contribution in [0, 0.1) is 12.8 Å². The van der Waals surface area contributed by atoms with Gasteiger partial charge in [-0.1, -0.05) is 12.1 Å². The van der Waals surface area contributed by atoms with Crippen molar-refractivity contribution in [2.75, 3.05) is 12.4 Å². The molecule has 6 heteroatoms. The predicted molar refractivity (Wildman–Crippen MR) is 111 cm³/mol. The molecule has 0 aliphatic heterocycles. The molecule has 1 saturated carbocycles. The quantitative estimate of drug-likeness (QED) is 0.643. The molecule has 4 rings (SSSR count). The normalized spacial score (nSPS) is 14.4. The molecule has 1 unspecified atom stereocenters. The molecule has 0 saturated heterocycles. The number of aryl methyl sites for hydroxylation is 1. The Balaban J connectivity index is 1.45. The van der Waals surface area contributed by atoms with Crippen molar-refractivity contribution in [2.45, 2.75) is 32.7 Å². The van der Waals surface area contributed by atoms with Crippen LogP contribution in [-0.4, -0.2) is 18.9 Å². The summed E-state index contributed by atoms with van der Waals surface area (Å²) in [6.07, 6.45) is 1.95. The van der Waals surface area contributed by atoms with Gasteiger partial charge in [0.1, 0.15) is 11.3 Å². The highest BCUT2D eigenvalue weighted by atomic mass is 16.5. The van der Waals surface area contributed by atoms with Crippen molar-refractivity contribution in [3.8, 4) is 5.75 Å². The van der Waals surface area contributed by atoms with E-state index >= 15 is 0 Å². The average Bonchev–Trinajstić information content (AvgIpc) is 3.52. The van der Waals surface area contributed by atoms with E-state index in [0.29, 0.717) is 11.3 Å². The van der Waals surface area contributed by atoms with E-state index in [1.807, 2.05) is 44.2 Å². The van der Waals surface area contributed by atoms with Crippen LogP contribution in [0.5, 0.6) is 5.75 Å². The summed E-state index contributed by atoms with van der Waals surface area (Å²) in [5, 5.41) is 6.76. The number of hydrogen-bond donors (Lipinski definition) is 2. The zero-order chi connectivity index (χ0) is 20.5. The van der Waals surface area contributed by atoms with E-state index in [-0.39, 0.29) is 23.8 Å². The second-order valence-electron chi connectivity index (χ2n) is 7.50. The van der Waals surface area contributed by atoms with Gasteiger partial charge in [-0.25, -0.2) is 0 Å². The van der Waals surface area contributed by atoms with Crippen LogP contribution in [-0.2, 0) is 4.79 Å². The van der Waals surface area contributed by atoms with Crippen LogP contribution in [0.1, 0.15) is 47.5 Å². The van der Waals surface area contributed by atoms with Gasteiger partial charge in [-0.05, 0) is 62.6 Å². The molecule has 0 radical (unpaired) electrons. The van der Waals surface area contributed by atoms with Crippen LogP contribution >= 0.6 is 0 Å². The molecule has 1 fully saturated rings. The number of hydrogen-bond acceptors (Lipinski definition) is 4. The molecule has 3 aromatic rings. The zero-order valence-corrected chi connectivity index (χ0v) is 16.7. The third kappa shape index (κ3) is 3.97. The highest BCUT2D eigenvalue weighted by Gasteiger charge is 2.29. The standard InChI is InChI=1S/C23H24N2O4/c1-13-19-12-18(28-3)10-11-20(19)29-21(13)23(27)24-14(2)15-6-8-17(9-7-15)25-22(26)16-4-5-16/h6-12,14,16H,4-5H2,1-3H3,(H,24,27)(H,25,26). The predicted octanol–water partition coefficient (Wildman–Crippen LogP) is 4.59. The molecule has 2 amide bonds. The monoisotopic (exact) mass is 392 g/mol. The van der Waals surface area contributed by atoms with E-state index in [0.717, 1.165) is 40.8 Å². The molecule has 1 aliphatic carbocycles. The fourth-order valence-corrected chi connectivity index (χ4v) is 3.33. The fraction of sp³-hybridized carbons (Fsp3) is 0.304. The average molecular weight is 392 g/mol. The zero-order valence-electron chi connectivity index (χ0n) is 16.7. The highest BCUT2D eigenvalue weighted by molar-refractivity contribution is 5.99. The molecule has 1 atom stereocenters. The molecular formula is C23H24N2O4. The molecule has 1 aliphatic rings. The van der Waals surface area contributed by atoms with Gasteiger partial charge in [0.2, 0.25) is 5.91 Å². The number of benzene rings is 2. The summed E-state index contributed by atoms with van der Waals surface area (Å²) in [5.74, 6) is 0.997. The van der Waals surface area contributed by atoms with E-state index in [1.54, 1.807) is 19.2 Å². The van der Waals surface area contributed by atoms with Crippen LogP contribution < -0.4 is 15.4 Å².